The SMILES string of the molecule is COc1ccc(NC(=O)[C@@H](N)CCSC)cc1OCC(F)(F)F.Cl. The molecule has 1 amide bonds. The first kappa shape index (κ1) is 22.7. The van der Waals surface area contributed by atoms with Crippen molar-refractivity contribution in [2.75, 3.05) is 31.0 Å². The van der Waals surface area contributed by atoms with Gasteiger partial charge in [-0.3, -0.25) is 4.79 Å². The number of amides is 1. The highest BCUT2D eigenvalue weighted by Gasteiger charge is 2.29. The van der Waals surface area contributed by atoms with Gasteiger partial charge in [0, 0.05) is 11.8 Å². The number of hydrogen-bond acceptors (Lipinski definition) is 5. The molecular weight excluding hydrogens is 369 g/mol. The fourth-order valence-electron chi connectivity index (χ4n) is 1.64. The molecule has 0 heterocycles. The van der Waals surface area contributed by atoms with Crippen LogP contribution in [0.3, 0.4) is 0 Å². The number of carbonyl (C=O) groups is 1. The van der Waals surface area contributed by atoms with Gasteiger partial charge < -0.3 is 20.5 Å². The van der Waals surface area contributed by atoms with Crippen molar-refractivity contribution >= 4 is 35.8 Å². The summed E-state index contributed by atoms with van der Waals surface area (Å²) in [6, 6.07) is 3.49. The van der Waals surface area contributed by atoms with E-state index in [-0.39, 0.29) is 29.6 Å². The van der Waals surface area contributed by atoms with E-state index in [2.05, 4.69) is 5.32 Å². The predicted octanol–water partition coefficient (Wildman–Crippen LogP) is 3.08. The van der Waals surface area contributed by atoms with Crippen molar-refractivity contribution in [3.05, 3.63) is 18.2 Å². The number of nitrogens with two attached hydrogens (primary N) is 1. The Labute approximate surface area is 148 Å². The van der Waals surface area contributed by atoms with Gasteiger partial charge in [-0.25, -0.2) is 0 Å². The second-order valence-electron chi connectivity index (χ2n) is 4.65. The molecule has 10 heteroatoms. The second-order valence-corrected chi connectivity index (χ2v) is 5.63. The number of alkyl halides is 3. The molecule has 0 spiro atoms. The van der Waals surface area contributed by atoms with Gasteiger partial charge in [0.2, 0.25) is 5.91 Å². The lowest BCUT2D eigenvalue weighted by Gasteiger charge is -2.15. The smallest absolute Gasteiger partial charge is 0.422 e. The number of methoxy groups -OCH3 is 1. The van der Waals surface area contributed by atoms with E-state index in [9.17, 15) is 18.0 Å². The van der Waals surface area contributed by atoms with Crippen LogP contribution in [0.25, 0.3) is 0 Å². The van der Waals surface area contributed by atoms with Gasteiger partial charge in [-0.05, 0) is 30.6 Å². The van der Waals surface area contributed by atoms with Crippen LogP contribution in [-0.2, 0) is 4.79 Å². The average molecular weight is 389 g/mol. The van der Waals surface area contributed by atoms with Crippen LogP contribution < -0.4 is 20.5 Å². The number of halogens is 4. The number of rotatable bonds is 8. The van der Waals surface area contributed by atoms with Crippen molar-refractivity contribution in [3.8, 4) is 11.5 Å². The summed E-state index contributed by atoms with van der Waals surface area (Å²) >= 11 is 1.57. The monoisotopic (exact) mass is 388 g/mol. The van der Waals surface area contributed by atoms with Gasteiger partial charge in [-0.15, -0.1) is 12.4 Å². The molecule has 0 radical (unpaired) electrons. The van der Waals surface area contributed by atoms with Gasteiger partial charge in [0.15, 0.2) is 18.1 Å². The van der Waals surface area contributed by atoms with Crippen LogP contribution in [0.1, 0.15) is 6.42 Å². The average Bonchev–Trinajstić information content (AvgIpc) is 2.49. The van der Waals surface area contributed by atoms with Gasteiger partial charge in [0.25, 0.3) is 0 Å². The minimum Gasteiger partial charge on any atom is -0.493 e. The zero-order valence-corrected chi connectivity index (χ0v) is 14.8. The molecule has 0 saturated heterocycles. The van der Waals surface area contributed by atoms with Crippen molar-refractivity contribution in [2.45, 2.75) is 18.6 Å². The van der Waals surface area contributed by atoms with Crippen molar-refractivity contribution in [1.29, 1.82) is 0 Å². The summed E-state index contributed by atoms with van der Waals surface area (Å²) in [4.78, 5) is 11.9. The topological polar surface area (TPSA) is 73.6 Å². The molecule has 0 aromatic heterocycles. The summed E-state index contributed by atoms with van der Waals surface area (Å²) in [5, 5.41) is 2.55. The van der Waals surface area contributed by atoms with Crippen LogP contribution >= 0.6 is 24.2 Å². The highest BCUT2D eigenvalue weighted by molar-refractivity contribution is 7.98. The van der Waals surface area contributed by atoms with Gasteiger partial charge in [-0.2, -0.15) is 24.9 Å². The number of benzene rings is 1. The molecule has 0 saturated carbocycles. The van der Waals surface area contributed by atoms with E-state index in [1.165, 1.54) is 25.3 Å². The number of carbonyl (C=O) groups excluding carboxylic acids is 1. The summed E-state index contributed by atoms with van der Waals surface area (Å²) in [7, 11) is 1.31. The van der Waals surface area contributed by atoms with E-state index in [4.69, 9.17) is 15.2 Å². The highest BCUT2D eigenvalue weighted by Crippen LogP contribution is 2.31. The van der Waals surface area contributed by atoms with Crippen molar-refractivity contribution in [2.24, 2.45) is 5.73 Å². The standard InChI is InChI=1S/C14H19F3N2O3S.ClH/c1-21-11-4-3-9(7-12(11)22-8-14(15,16)17)19-13(20)10(18)5-6-23-2;/h3-4,7,10H,5-6,8,18H2,1-2H3,(H,19,20);1H/t10-;/m0./s1. The quantitative estimate of drug-likeness (QED) is 0.716. The Balaban J connectivity index is 0.00000529. The van der Waals surface area contributed by atoms with Crippen molar-refractivity contribution in [3.63, 3.8) is 0 Å². The molecule has 0 aliphatic carbocycles. The fourth-order valence-corrected chi connectivity index (χ4v) is 2.13. The number of anilines is 1. The molecule has 1 aromatic rings. The Morgan fingerprint density at radius 3 is 2.58 bits per heavy atom. The van der Waals surface area contributed by atoms with E-state index >= 15 is 0 Å². The molecule has 0 unspecified atom stereocenters. The van der Waals surface area contributed by atoms with Gasteiger partial charge in [-0.1, -0.05) is 0 Å². The minimum atomic E-state index is -4.47. The van der Waals surface area contributed by atoms with Gasteiger partial charge in [0.1, 0.15) is 0 Å². The number of ether oxygens (including phenoxy) is 2. The third kappa shape index (κ3) is 7.98. The molecular formula is C14H20ClF3N2O3S. The first-order valence-electron chi connectivity index (χ1n) is 6.70. The number of hydrogen-bond donors (Lipinski definition) is 2. The Bertz CT molecular complexity index is 532. The van der Waals surface area contributed by atoms with E-state index < -0.39 is 24.7 Å². The molecule has 1 rings (SSSR count). The largest absolute Gasteiger partial charge is 0.493 e. The Hall–Kier alpha value is -1.32. The van der Waals surface area contributed by atoms with Crippen LogP contribution in [0.2, 0.25) is 0 Å². The Morgan fingerprint density at radius 1 is 1.38 bits per heavy atom. The van der Waals surface area contributed by atoms with Crippen LogP contribution in [0, 0.1) is 0 Å². The second kappa shape index (κ2) is 10.5. The summed E-state index contributed by atoms with van der Waals surface area (Å²) in [5.74, 6) is 0.349. The maximum absolute atomic E-state index is 12.3. The minimum absolute atomic E-state index is 0. The first-order chi connectivity index (χ1) is 10.8. The van der Waals surface area contributed by atoms with Gasteiger partial charge >= 0.3 is 6.18 Å². The maximum atomic E-state index is 12.3. The molecule has 0 fully saturated rings. The highest BCUT2D eigenvalue weighted by atomic mass is 35.5. The lowest BCUT2D eigenvalue weighted by atomic mass is 10.2. The molecule has 1 aromatic carbocycles. The summed E-state index contributed by atoms with van der Waals surface area (Å²) in [6.45, 7) is -1.45. The van der Waals surface area contributed by atoms with Crippen LogP contribution in [0.15, 0.2) is 18.2 Å². The zero-order chi connectivity index (χ0) is 17.5. The maximum Gasteiger partial charge on any atom is 0.422 e. The summed E-state index contributed by atoms with van der Waals surface area (Å²) in [6.07, 6.45) is -2.07. The molecule has 0 aliphatic heterocycles. The molecule has 3 N–H and O–H groups in total. The Kier molecular flexibility index (Phi) is 9.95. The molecule has 0 aliphatic rings. The first-order valence-corrected chi connectivity index (χ1v) is 8.09. The van der Waals surface area contributed by atoms with E-state index in [0.29, 0.717) is 6.42 Å². The summed E-state index contributed by atoms with van der Waals surface area (Å²) < 4.78 is 46.4. The van der Waals surface area contributed by atoms with E-state index in [1.807, 2.05) is 6.26 Å². The normalized spacial score (nSPS) is 12.1. The zero-order valence-electron chi connectivity index (χ0n) is 13.2. The summed E-state index contributed by atoms with van der Waals surface area (Å²) in [5.41, 5.74) is 6.02. The third-order valence-corrected chi connectivity index (χ3v) is 3.44. The van der Waals surface area contributed by atoms with Crippen LogP contribution in [0.4, 0.5) is 18.9 Å². The molecule has 1 atom stereocenters. The van der Waals surface area contributed by atoms with Crippen molar-refractivity contribution < 1.29 is 27.4 Å². The molecule has 0 bridgehead atoms. The van der Waals surface area contributed by atoms with Crippen LogP contribution in [-0.4, -0.2) is 43.9 Å². The van der Waals surface area contributed by atoms with Crippen LogP contribution in [0.5, 0.6) is 11.5 Å². The molecule has 24 heavy (non-hydrogen) atoms. The third-order valence-electron chi connectivity index (χ3n) is 2.79. The lowest BCUT2D eigenvalue weighted by molar-refractivity contribution is -0.153. The fraction of sp³-hybridized carbons (Fsp3) is 0.500. The van der Waals surface area contributed by atoms with E-state index in [1.54, 1.807) is 11.8 Å². The van der Waals surface area contributed by atoms with E-state index in [0.717, 1.165) is 5.75 Å². The Morgan fingerprint density at radius 2 is 2.04 bits per heavy atom. The number of nitrogens with one attached hydrogen (secondary N) is 1. The predicted molar refractivity (Wildman–Crippen MR) is 91.4 cm³/mol. The lowest BCUT2D eigenvalue weighted by Crippen LogP contribution is -2.36. The van der Waals surface area contributed by atoms with Gasteiger partial charge in [0.05, 0.1) is 13.2 Å². The van der Waals surface area contributed by atoms with Crippen molar-refractivity contribution in [1.82, 2.24) is 0 Å². The number of thioether (sulfide) groups is 1. The molecule has 138 valence electrons. The molecule has 5 nitrogen and oxygen atoms in total.